The summed E-state index contributed by atoms with van der Waals surface area (Å²) >= 11 is 0. The molecule has 0 fully saturated rings. The average Bonchev–Trinajstić information content (AvgIpc) is 2.38. The van der Waals surface area contributed by atoms with Crippen molar-refractivity contribution in [2.24, 2.45) is 0 Å². The van der Waals surface area contributed by atoms with Crippen LogP contribution < -0.4 is 21.9 Å². The summed E-state index contributed by atoms with van der Waals surface area (Å²) in [5.74, 6) is 0.425. The molecule has 0 aliphatic rings. The minimum atomic E-state index is 0.425. The number of rotatable bonds is 1. The van der Waals surface area contributed by atoms with Gasteiger partial charge in [0.15, 0.2) is 0 Å². The van der Waals surface area contributed by atoms with Crippen LogP contribution in [0.15, 0.2) is 18.2 Å². The van der Waals surface area contributed by atoms with Gasteiger partial charge in [0.2, 0.25) is 0 Å². The molecule has 5 heteroatoms. The molecular weight excluding hydrogens is 227 g/mol. The third-order valence-corrected chi connectivity index (χ3v) is 4.32. The van der Waals surface area contributed by atoms with Gasteiger partial charge in [-0.05, 0) is 25.0 Å². The van der Waals surface area contributed by atoms with Gasteiger partial charge in [-0.15, -0.1) is 5.46 Å². The van der Waals surface area contributed by atoms with Crippen molar-refractivity contribution in [2.75, 3.05) is 0 Å². The van der Waals surface area contributed by atoms with Gasteiger partial charge in [0.05, 0.1) is 0 Å². The van der Waals surface area contributed by atoms with Crippen LogP contribution >= 0.6 is 0 Å². The molecule has 0 heterocycles. The molecule has 92 valence electrons. The molecular formula is C14H18B4O. The van der Waals surface area contributed by atoms with E-state index in [-0.39, 0.29) is 0 Å². The Balaban J connectivity index is 2.87. The summed E-state index contributed by atoms with van der Waals surface area (Å²) in [6.45, 7) is 4.18. The fourth-order valence-corrected chi connectivity index (χ4v) is 2.63. The molecule has 0 atom stereocenters. The molecule has 2 aromatic carbocycles. The van der Waals surface area contributed by atoms with Crippen LogP contribution in [-0.4, -0.2) is 36.5 Å². The van der Waals surface area contributed by atoms with Crippen molar-refractivity contribution in [2.45, 2.75) is 13.8 Å². The Morgan fingerprint density at radius 2 is 1.42 bits per heavy atom. The van der Waals surface area contributed by atoms with E-state index in [0.717, 1.165) is 16.6 Å². The Kier molecular flexibility index (Phi) is 3.58. The Hall–Kier alpha value is -1.50. The fourth-order valence-electron chi connectivity index (χ4n) is 2.63. The summed E-state index contributed by atoms with van der Waals surface area (Å²) in [4.78, 5) is 0. The van der Waals surface area contributed by atoms with Crippen molar-refractivity contribution in [1.82, 2.24) is 0 Å². The van der Waals surface area contributed by atoms with Crippen molar-refractivity contribution in [3.8, 4) is 16.9 Å². The maximum atomic E-state index is 10.6. The summed E-state index contributed by atoms with van der Waals surface area (Å²) in [5, 5.41) is 10.6. The van der Waals surface area contributed by atoms with E-state index >= 15 is 0 Å². The first-order valence-corrected chi connectivity index (χ1v) is 6.71. The molecule has 0 unspecified atom stereocenters. The average molecular weight is 246 g/mol. The summed E-state index contributed by atoms with van der Waals surface area (Å²) in [5.41, 5.74) is 9.16. The predicted octanol–water partition coefficient (Wildman–Crippen LogP) is -3.29. The molecule has 19 heavy (non-hydrogen) atoms. The van der Waals surface area contributed by atoms with E-state index in [4.69, 9.17) is 0 Å². The molecule has 0 bridgehead atoms. The van der Waals surface area contributed by atoms with Crippen LogP contribution in [0.5, 0.6) is 5.75 Å². The van der Waals surface area contributed by atoms with Crippen LogP contribution in [0.3, 0.4) is 0 Å². The van der Waals surface area contributed by atoms with Crippen LogP contribution in [0.1, 0.15) is 11.1 Å². The molecule has 0 saturated heterocycles. The summed E-state index contributed by atoms with van der Waals surface area (Å²) in [6.07, 6.45) is 0. The molecule has 0 spiro atoms. The van der Waals surface area contributed by atoms with Gasteiger partial charge in [0, 0.05) is 5.56 Å². The molecule has 0 saturated carbocycles. The lowest BCUT2D eigenvalue weighted by Gasteiger charge is -2.20. The van der Waals surface area contributed by atoms with Gasteiger partial charge in [-0.2, -0.15) is 0 Å². The Bertz CT molecular complexity index is 636. The van der Waals surface area contributed by atoms with Crippen LogP contribution in [0.4, 0.5) is 0 Å². The smallest absolute Gasteiger partial charge is 0.143 e. The first-order valence-electron chi connectivity index (χ1n) is 6.71. The van der Waals surface area contributed by atoms with Gasteiger partial charge in [0.1, 0.15) is 37.1 Å². The maximum Gasteiger partial charge on any atom is 0.143 e. The minimum absolute atomic E-state index is 0.425. The fraction of sp³-hybridized carbons (Fsp3) is 0.143. The molecule has 2 rings (SSSR count). The summed E-state index contributed by atoms with van der Waals surface area (Å²) < 4.78 is 0. The second kappa shape index (κ2) is 4.88. The standard InChI is InChI=1S/C14H18B4O/c1-6-3-4-7(2)8(5-6)9-10(15)11(16)12(17)13(18)14(9)19/h3-5,19H,15-18H2,1-2H3. The second-order valence-electron chi connectivity index (χ2n) is 5.54. The highest BCUT2D eigenvalue weighted by Crippen LogP contribution is 2.28. The van der Waals surface area contributed by atoms with Gasteiger partial charge in [0.25, 0.3) is 0 Å². The first-order chi connectivity index (χ1) is 8.84. The first kappa shape index (κ1) is 13.9. The zero-order valence-electron chi connectivity index (χ0n) is 12.7. The summed E-state index contributed by atoms with van der Waals surface area (Å²) in [7, 11) is 8.29. The molecule has 1 N–H and O–H groups in total. The zero-order chi connectivity index (χ0) is 14.3. The summed E-state index contributed by atoms with van der Waals surface area (Å²) in [6, 6.07) is 6.39. The van der Waals surface area contributed by atoms with Crippen molar-refractivity contribution >= 4 is 53.2 Å². The number of hydrogen-bond donors (Lipinski definition) is 1. The van der Waals surface area contributed by atoms with Gasteiger partial charge < -0.3 is 5.11 Å². The van der Waals surface area contributed by atoms with Crippen molar-refractivity contribution in [1.29, 1.82) is 0 Å². The quantitative estimate of drug-likeness (QED) is 0.522. The molecule has 0 radical (unpaired) electrons. The highest BCUT2D eigenvalue weighted by Gasteiger charge is 2.16. The number of phenolic OH excluding ortho intramolecular Hbond substituents is 1. The minimum Gasteiger partial charge on any atom is -0.508 e. The lowest BCUT2D eigenvalue weighted by atomic mass is 9.64. The maximum absolute atomic E-state index is 10.6. The lowest BCUT2D eigenvalue weighted by molar-refractivity contribution is 0.482. The van der Waals surface area contributed by atoms with Crippen LogP contribution in [0.2, 0.25) is 0 Å². The number of phenols is 1. The molecule has 2 aromatic rings. The number of aryl methyl sites for hydroxylation is 2. The van der Waals surface area contributed by atoms with E-state index in [2.05, 4.69) is 55.6 Å². The SMILES string of the molecule is Bc1c(B)c(B)c(-c2cc(C)ccc2C)c(O)c1B. The highest BCUT2D eigenvalue weighted by atomic mass is 16.3. The third-order valence-electron chi connectivity index (χ3n) is 4.32. The van der Waals surface area contributed by atoms with Gasteiger partial charge in [-0.3, -0.25) is 0 Å². The normalized spacial score (nSPS) is 10.6. The second-order valence-corrected chi connectivity index (χ2v) is 5.54. The van der Waals surface area contributed by atoms with Gasteiger partial charge in [-0.25, -0.2) is 0 Å². The number of benzene rings is 2. The highest BCUT2D eigenvalue weighted by molar-refractivity contribution is 6.64. The van der Waals surface area contributed by atoms with E-state index < -0.39 is 0 Å². The van der Waals surface area contributed by atoms with Gasteiger partial charge in [-0.1, -0.05) is 40.2 Å². The number of aromatic hydroxyl groups is 1. The third kappa shape index (κ3) is 2.22. The van der Waals surface area contributed by atoms with E-state index in [9.17, 15) is 5.11 Å². The van der Waals surface area contributed by atoms with E-state index in [1.54, 1.807) is 0 Å². The molecule has 0 aliphatic heterocycles. The Labute approximate surface area is 119 Å². The van der Waals surface area contributed by atoms with Crippen molar-refractivity contribution in [3.05, 3.63) is 29.3 Å². The number of hydrogen-bond acceptors (Lipinski definition) is 1. The monoisotopic (exact) mass is 246 g/mol. The Morgan fingerprint density at radius 1 is 0.842 bits per heavy atom. The van der Waals surface area contributed by atoms with Crippen LogP contribution in [0.25, 0.3) is 11.1 Å². The van der Waals surface area contributed by atoms with Crippen molar-refractivity contribution < 1.29 is 5.11 Å². The molecule has 1 nitrogen and oxygen atoms in total. The molecule has 0 aromatic heterocycles. The van der Waals surface area contributed by atoms with E-state index in [0.29, 0.717) is 5.75 Å². The molecule has 0 aliphatic carbocycles. The lowest BCUT2D eigenvalue weighted by Crippen LogP contribution is -2.48. The van der Waals surface area contributed by atoms with E-state index in [1.807, 2.05) is 7.85 Å². The zero-order valence-corrected chi connectivity index (χ0v) is 12.7. The van der Waals surface area contributed by atoms with Crippen LogP contribution in [0, 0.1) is 13.8 Å². The Morgan fingerprint density at radius 3 is 2.05 bits per heavy atom. The predicted molar refractivity (Wildman–Crippen MR) is 95.7 cm³/mol. The topological polar surface area (TPSA) is 20.2 Å². The van der Waals surface area contributed by atoms with Crippen molar-refractivity contribution in [3.63, 3.8) is 0 Å². The van der Waals surface area contributed by atoms with Crippen LogP contribution in [-0.2, 0) is 0 Å². The largest absolute Gasteiger partial charge is 0.508 e. The van der Waals surface area contributed by atoms with E-state index in [1.165, 1.54) is 27.5 Å². The van der Waals surface area contributed by atoms with Gasteiger partial charge >= 0.3 is 0 Å². The molecule has 0 amide bonds.